The van der Waals surface area contributed by atoms with Gasteiger partial charge in [-0.3, -0.25) is 4.79 Å². The van der Waals surface area contributed by atoms with Crippen LogP contribution in [0.2, 0.25) is 0 Å². The third kappa shape index (κ3) is 2.84. The highest BCUT2D eigenvalue weighted by Crippen LogP contribution is 2.55. The quantitative estimate of drug-likeness (QED) is 0.510. The first-order valence-electron chi connectivity index (χ1n) is 10.2. The average Bonchev–Trinajstić information content (AvgIpc) is 3.18. The van der Waals surface area contributed by atoms with Crippen LogP contribution in [0.15, 0.2) is 41.2 Å². The molecule has 4 heterocycles. The molecule has 0 unspecified atom stereocenters. The zero-order valence-electron chi connectivity index (χ0n) is 17.1. The molecule has 4 aromatic rings. The number of fused-ring (bicyclic) bond motifs is 3. The van der Waals surface area contributed by atoms with Crippen molar-refractivity contribution in [3.63, 3.8) is 0 Å². The minimum Gasteiger partial charge on any atom is -0.432 e. The molecule has 1 saturated carbocycles. The maximum atomic E-state index is 13.6. The topological polar surface area (TPSA) is 108 Å². The Labute approximate surface area is 182 Å². The second-order valence-electron chi connectivity index (χ2n) is 8.89. The number of nitrogens with one attached hydrogen (secondary N) is 1. The summed E-state index contributed by atoms with van der Waals surface area (Å²) >= 11 is 1.58. The van der Waals surface area contributed by atoms with Crippen molar-refractivity contribution in [2.45, 2.75) is 43.7 Å². The lowest BCUT2D eigenvalue weighted by Gasteiger charge is -2.37. The molecule has 1 aliphatic carbocycles. The lowest BCUT2D eigenvalue weighted by molar-refractivity contribution is 0.0435. The molecule has 158 valence electrons. The average molecular weight is 436 g/mol. The summed E-state index contributed by atoms with van der Waals surface area (Å²) in [6, 6.07) is 7.58. The van der Waals surface area contributed by atoms with E-state index in [0.717, 1.165) is 39.5 Å². The standard InChI is InChI=1S/C22H21N5O3S/c1-21(2,29)20-23-9-13(30-20)19(28)27-10-22(7-8-22)17-15(24-11-25-17)16(27)18-26-12-5-3-4-6-14(12)31-18/h3-6,9,11,16,29H,7-8,10H2,1-2H3,(H,24,25)/t16-/m0/s1. The van der Waals surface area contributed by atoms with Gasteiger partial charge in [-0.1, -0.05) is 12.1 Å². The van der Waals surface area contributed by atoms with Crippen molar-refractivity contribution in [3.05, 3.63) is 64.8 Å². The van der Waals surface area contributed by atoms with Gasteiger partial charge in [0.05, 0.1) is 34.1 Å². The number of oxazole rings is 1. The zero-order valence-corrected chi connectivity index (χ0v) is 17.9. The number of rotatable bonds is 3. The van der Waals surface area contributed by atoms with Gasteiger partial charge in [0.2, 0.25) is 11.7 Å². The largest absolute Gasteiger partial charge is 0.432 e. The number of carbonyl (C=O) groups is 1. The number of para-hydroxylation sites is 1. The number of thiazole rings is 1. The smallest absolute Gasteiger partial charge is 0.292 e. The Balaban J connectivity index is 1.47. The van der Waals surface area contributed by atoms with Crippen molar-refractivity contribution < 1.29 is 14.3 Å². The molecule has 2 aliphatic rings. The van der Waals surface area contributed by atoms with Crippen molar-refractivity contribution in [1.82, 2.24) is 24.8 Å². The molecule has 6 rings (SSSR count). The van der Waals surface area contributed by atoms with Crippen LogP contribution in [0.3, 0.4) is 0 Å². The second-order valence-corrected chi connectivity index (χ2v) is 9.95. The van der Waals surface area contributed by atoms with Crippen molar-refractivity contribution in [1.29, 1.82) is 0 Å². The van der Waals surface area contributed by atoms with E-state index in [1.807, 2.05) is 29.2 Å². The summed E-state index contributed by atoms with van der Waals surface area (Å²) in [4.78, 5) is 32.3. The summed E-state index contributed by atoms with van der Waals surface area (Å²) in [7, 11) is 0. The molecule has 1 fully saturated rings. The van der Waals surface area contributed by atoms with Gasteiger partial charge in [0, 0.05) is 12.0 Å². The molecule has 9 heteroatoms. The fraction of sp³-hybridized carbons (Fsp3) is 0.364. The van der Waals surface area contributed by atoms with Crippen LogP contribution in [0, 0.1) is 0 Å². The number of amides is 1. The van der Waals surface area contributed by atoms with E-state index in [0.29, 0.717) is 6.54 Å². The molecule has 3 aromatic heterocycles. The Bertz CT molecular complexity index is 1280. The highest BCUT2D eigenvalue weighted by atomic mass is 32.1. The number of hydrogen-bond acceptors (Lipinski definition) is 7. The van der Waals surface area contributed by atoms with Crippen molar-refractivity contribution in [3.8, 4) is 0 Å². The maximum Gasteiger partial charge on any atom is 0.292 e. The van der Waals surface area contributed by atoms with Crippen LogP contribution in [0.25, 0.3) is 10.2 Å². The fourth-order valence-electron chi connectivity index (χ4n) is 4.38. The van der Waals surface area contributed by atoms with Crippen LogP contribution in [0.4, 0.5) is 0 Å². The number of hydrogen-bond donors (Lipinski definition) is 2. The molecule has 1 aliphatic heterocycles. The monoisotopic (exact) mass is 435 g/mol. The van der Waals surface area contributed by atoms with Crippen LogP contribution in [-0.4, -0.2) is 42.4 Å². The molecule has 8 nitrogen and oxygen atoms in total. The van der Waals surface area contributed by atoms with E-state index in [4.69, 9.17) is 9.40 Å². The molecule has 0 bridgehead atoms. The van der Waals surface area contributed by atoms with Gasteiger partial charge < -0.3 is 19.4 Å². The van der Waals surface area contributed by atoms with Crippen LogP contribution in [0.1, 0.15) is 65.6 Å². The molecular weight excluding hydrogens is 414 g/mol. The number of nitrogens with zero attached hydrogens (tertiary/aromatic N) is 4. The van der Waals surface area contributed by atoms with Crippen LogP contribution >= 0.6 is 11.3 Å². The molecule has 1 atom stereocenters. The van der Waals surface area contributed by atoms with Gasteiger partial charge in [0.15, 0.2) is 0 Å². The fourth-order valence-corrected chi connectivity index (χ4v) is 5.47. The van der Waals surface area contributed by atoms with E-state index in [9.17, 15) is 9.90 Å². The van der Waals surface area contributed by atoms with E-state index in [2.05, 4.69) is 15.0 Å². The van der Waals surface area contributed by atoms with Gasteiger partial charge >= 0.3 is 0 Å². The second kappa shape index (κ2) is 6.24. The Morgan fingerprint density at radius 2 is 2.13 bits per heavy atom. The normalized spacial score (nSPS) is 19.7. The van der Waals surface area contributed by atoms with Gasteiger partial charge in [-0.15, -0.1) is 11.3 Å². The Morgan fingerprint density at radius 1 is 1.32 bits per heavy atom. The molecule has 1 amide bonds. The van der Waals surface area contributed by atoms with Gasteiger partial charge in [0.25, 0.3) is 5.91 Å². The Hall–Kier alpha value is -3.04. The highest BCUT2D eigenvalue weighted by molar-refractivity contribution is 7.18. The molecule has 2 N–H and O–H groups in total. The van der Waals surface area contributed by atoms with Crippen molar-refractivity contribution >= 4 is 27.5 Å². The Kier molecular flexibility index (Phi) is 3.77. The number of H-pyrrole nitrogens is 1. The third-order valence-electron chi connectivity index (χ3n) is 6.13. The summed E-state index contributed by atoms with van der Waals surface area (Å²) < 4.78 is 6.74. The molecule has 0 radical (unpaired) electrons. The molecule has 0 saturated heterocycles. The summed E-state index contributed by atoms with van der Waals surface area (Å²) in [5.74, 6) is -0.0338. The first kappa shape index (κ1) is 18.7. The highest BCUT2D eigenvalue weighted by Gasteiger charge is 2.55. The molecular formula is C22H21N5O3S. The van der Waals surface area contributed by atoms with E-state index >= 15 is 0 Å². The summed E-state index contributed by atoms with van der Waals surface area (Å²) in [5.41, 5.74) is 1.49. The molecule has 1 aromatic carbocycles. The van der Waals surface area contributed by atoms with E-state index in [-0.39, 0.29) is 29.0 Å². The number of benzene rings is 1. The lowest BCUT2D eigenvalue weighted by atomic mass is 9.90. The van der Waals surface area contributed by atoms with E-state index in [1.165, 1.54) is 6.20 Å². The van der Waals surface area contributed by atoms with Crippen LogP contribution in [0.5, 0.6) is 0 Å². The summed E-state index contributed by atoms with van der Waals surface area (Å²) in [5, 5.41) is 11.0. The van der Waals surface area contributed by atoms with E-state index in [1.54, 1.807) is 31.5 Å². The first-order chi connectivity index (χ1) is 14.9. The maximum absolute atomic E-state index is 13.6. The Morgan fingerprint density at radius 3 is 2.84 bits per heavy atom. The van der Waals surface area contributed by atoms with Gasteiger partial charge in [-0.2, -0.15) is 0 Å². The van der Waals surface area contributed by atoms with Crippen LogP contribution < -0.4 is 0 Å². The number of aliphatic hydroxyl groups is 1. The number of imidazole rings is 1. The third-order valence-corrected chi connectivity index (χ3v) is 7.22. The van der Waals surface area contributed by atoms with Gasteiger partial charge in [0.1, 0.15) is 16.7 Å². The lowest BCUT2D eigenvalue weighted by Crippen LogP contribution is -2.45. The zero-order chi connectivity index (χ0) is 21.4. The van der Waals surface area contributed by atoms with Crippen molar-refractivity contribution in [2.75, 3.05) is 6.54 Å². The summed E-state index contributed by atoms with van der Waals surface area (Å²) in [6.07, 6.45) is 5.09. The minimum atomic E-state index is -1.26. The summed E-state index contributed by atoms with van der Waals surface area (Å²) in [6.45, 7) is 3.70. The number of carbonyl (C=O) groups excluding carboxylic acids is 1. The predicted octanol–water partition coefficient (Wildman–Crippen LogP) is 3.51. The van der Waals surface area contributed by atoms with E-state index < -0.39 is 5.60 Å². The van der Waals surface area contributed by atoms with Crippen LogP contribution in [-0.2, 0) is 11.0 Å². The SMILES string of the molecule is CC(C)(O)c1ncc(C(=O)N2CC3(CC3)c3nc[nH]c3[C@H]2c2nc3ccccc3s2)o1. The van der Waals surface area contributed by atoms with Gasteiger partial charge in [-0.05, 0) is 38.8 Å². The number of aromatic nitrogens is 4. The molecule has 31 heavy (non-hydrogen) atoms. The first-order valence-corrected chi connectivity index (χ1v) is 11.1. The molecule has 1 spiro atoms. The predicted molar refractivity (Wildman–Crippen MR) is 114 cm³/mol. The van der Waals surface area contributed by atoms with Gasteiger partial charge in [-0.25, -0.2) is 15.0 Å². The van der Waals surface area contributed by atoms with Crippen molar-refractivity contribution in [2.24, 2.45) is 0 Å². The number of aromatic amines is 1. The minimum absolute atomic E-state index is 0.113.